The molecule has 2 unspecified atom stereocenters. The highest BCUT2D eigenvalue weighted by atomic mass is 32.1. The van der Waals surface area contributed by atoms with Gasteiger partial charge in [-0.3, -0.25) is 0 Å². The molecule has 2 nitrogen and oxygen atoms in total. The highest BCUT2D eigenvalue weighted by Gasteiger charge is 2.28. The van der Waals surface area contributed by atoms with Crippen molar-refractivity contribution in [1.29, 1.82) is 0 Å². The van der Waals surface area contributed by atoms with Crippen molar-refractivity contribution in [2.45, 2.75) is 30.8 Å². The van der Waals surface area contributed by atoms with E-state index >= 15 is 0 Å². The second-order valence-corrected chi connectivity index (χ2v) is 4.85. The molecule has 1 aromatic rings. The lowest BCUT2D eigenvalue weighted by molar-refractivity contribution is 0.401. The van der Waals surface area contributed by atoms with E-state index in [0.29, 0.717) is 12.2 Å². The van der Waals surface area contributed by atoms with E-state index in [1.54, 1.807) is 0 Å². The van der Waals surface area contributed by atoms with E-state index in [4.69, 9.17) is 9.47 Å². The van der Waals surface area contributed by atoms with Gasteiger partial charge in [-0.1, -0.05) is 18.2 Å². The van der Waals surface area contributed by atoms with Crippen LogP contribution < -0.4 is 0 Å². The highest BCUT2D eigenvalue weighted by molar-refractivity contribution is 7.79. The van der Waals surface area contributed by atoms with E-state index < -0.39 is 0 Å². The average Bonchev–Trinajstić information content (AvgIpc) is 3.14. The average molecular weight is 236 g/mol. The topological polar surface area (TPSA) is 25.1 Å². The normalized spacial score (nSPS) is 26.8. The van der Waals surface area contributed by atoms with Gasteiger partial charge in [-0.2, -0.15) is 12.6 Å². The van der Waals surface area contributed by atoms with Crippen LogP contribution in [0, 0.1) is 0 Å². The molecule has 0 bridgehead atoms. The molecule has 0 aromatic heterocycles. The van der Waals surface area contributed by atoms with E-state index in [2.05, 4.69) is 30.8 Å². The van der Waals surface area contributed by atoms with Gasteiger partial charge in [0.2, 0.25) is 0 Å². The van der Waals surface area contributed by atoms with Crippen molar-refractivity contribution < 1.29 is 9.47 Å². The smallest absolute Gasteiger partial charge is 0.0850 e. The Kier molecular flexibility index (Phi) is 2.92. The summed E-state index contributed by atoms with van der Waals surface area (Å²) < 4.78 is 10.6. The fourth-order valence-electron chi connectivity index (χ4n) is 2.13. The lowest BCUT2D eigenvalue weighted by Crippen LogP contribution is -2.05. The molecule has 1 aromatic carbocycles. The first-order chi connectivity index (χ1) is 7.86. The quantitative estimate of drug-likeness (QED) is 0.625. The van der Waals surface area contributed by atoms with Gasteiger partial charge in [-0.15, -0.1) is 0 Å². The van der Waals surface area contributed by atoms with Crippen molar-refractivity contribution in [2.24, 2.45) is 0 Å². The molecule has 2 heterocycles. The molecule has 0 aliphatic carbocycles. The zero-order valence-corrected chi connectivity index (χ0v) is 10.1. The van der Waals surface area contributed by atoms with Crippen LogP contribution in [0.1, 0.15) is 16.7 Å². The summed E-state index contributed by atoms with van der Waals surface area (Å²) in [4.78, 5) is 0. The van der Waals surface area contributed by atoms with Crippen LogP contribution in [0.3, 0.4) is 0 Å². The number of hydrogen-bond donors (Lipinski definition) is 1. The van der Waals surface area contributed by atoms with Crippen molar-refractivity contribution in [1.82, 2.24) is 0 Å². The van der Waals surface area contributed by atoms with Crippen molar-refractivity contribution >= 4 is 12.6 Å². The maximum atomic E-state index is 5.33. The second kappa shape index (κ2) is 4.40. The van der Waals surface area contributed by atoms with Crippen LogP contribution in [0.5, 0.6) is 0 Å². The predicted octanol–water partition coefficient (Wildman–Crippen LogP) is 2.00. The first-order valence-electron chi connectivity index (χ1n) is 5.80. The van der Waals surface area contributed by atoms with Gasteiger partial charge < -0.3 is 9.47 Å². The summed E-state index contributed by atoms with van der Waals surface area (Å²) in [7, 11) is 0. The third kappa shape index (κ3) is 2.42. The molecule has 86 valence electrons. The minimum Gasteiger partial charge on any atom is -0.373 e. The third-order valence-electron chi connectivity index (χ3n) is 3.22. The van der Waals surface area contributed by atoms with Gasteiger partial charge >= 0.3 is 0 Å². The zero-order valence-electron chi connectivity index (χ0n) is 9.19. The molecule has 0 spiro atoms. The fourth-order valence-corrected chi connectivity index (χ4v) is 2.43. The number of hydrogen-bond acceptors (Lipinski definition) is 3. The van der Waals surface area contributed by atoms with E-state index in [9.17, 15) is 0 Å². The lowest BCUT2D eigenvalue weighted by atomic mass is 9.95. The fraction of sp³-hybridized carbons (Fsp3) is 0.538. The summed E-state index contributed by atoms with van der Waals surface area (Å²) in [6.45, 7) is 1.84. The molecule has 3 heteroatoms. The molecule has 2 fully saturated rings. The van der Waals surface area contributed by atoms with Gasteiger partial charge in [0.05, 0.1) is 25.4 Å². The van der Waals surface area contributed by atoms with Crippen molar-refractivity contribution in [3.05, 3.63) is 34.9 Å². The van der Waals surface area contributed by atoms with Crippen molar-refractivity contribution in [2.75, 3.05) is 13.2 Å². The molecule has 2 aliphatic heterocycles. The monoisotopic (exact) mass is 236 g/mol. The summed E-state index contributed by atoms with van der Waals surface area (Å²) in [6, 6.07) is 6.51. The first-order valence-corrected chi connectivity index (χ1v) is 6.44. The van der Waals surface area contributed by atoms with Crippen LogP contribution >= 0.6 is 12.6 Å². The zero-order chi connectivity index (χ0) is 11.0. The lowest BCUT2D eigenvalue weighted by Gasteiger charge is -2.12. The van der Waals surface area contributed by atoms with Crippen LogP contribution in [0.2, 0.25) is 0 Å². The van der Waals surface area contributed by atoms with E-state index in [1.165, 1.54) is 16.7 Å². The van der Waals surface area contributed by atoms with Crippen LogP contribution in [0.25, 0.3) is 0 Å². The predicted molar refractivity (Wildman–Crippen MR) is 66.0 cm³/mol. The minimum atomic E-state index is 0.444. The summed E-state index contributed by atoms with van der Waals surface area (Å²) in [5.41, 5.74) is 4.21. The molecular formula is C13H16O2S. The Morgan fingerprint density at radius 2 is 1.69 bits per heavy atom. The molecule has 0 radical (unpaired) electrons. The number of benzene rings is 1. The number of thiol groups is 1. The van der Waals surface area contributed by atoms with Crippen molar-refractivity contribution in [3.63, 3.8) is 0 Å². The summed E-state index contributed by atoms with van der Waals surface area (Å²) in [5.74, 6) is 0.807. The molecule has 16 heavy (non-hydrogen) atoms. The molecule has 0 N–H and O–H groups in total. The Hall–Kier alpha value is -0.510. The van der Waals surface area contributed by atoms with Gasteiger partial charge in [-0.25, -0.2) is 0 Å². The molecule has 2 atom stereocenters. The molecular weight excluding hydrogens is 220 g/mol. The van der Waals surface area contributed by atoms with Gasteiger partial charge in [0, 0.05) is 18.6 Å². The molecule has 2 saturated heterocycles. The van der Waals surface area contributed by atoms with Crippen LogP contribution in [0.15, 0.2) is 18.2 Å². The molecule has 2 aliphatic rings. The Morgan fingerprint density at radius 3 is 2.31 bits per heavy atom. The standard InChI is InChI=1S/C13H16O2S/c16-8-10-3-1-2-9(4-11-6-14-11)13(10)5-12-7-15-12/h1-3,11-12,16H,4-8H2. The van der Waals surface area contributed by atoms with Crippen LogP contribution in [-0.2, 0) is 28.1 Å². The Balaban J connectivity index is 1.86. The summed E-state index contributed by atoms with van der Waals surface area (Å²) in [6.07, 6.45) is 2.98. The van der Waals surface area contributed by atoms with E-state index in [1.807, 2.05) is 0 Å². The molecule has 3 rings (SSSR count). The second-order valence-electron chi connectivity index (χ2n) is 4.53. The van der Waals surface area contributed by atoms with Crippen LogP contribution in [0.4, 0.5) is 0 Å². The number of epoxide rings is 2. The highest BCUT2D eigenvalue weighted by Crippen LogP contribution is 2.26. The van der Waals surface area contributed by atoms with Gasteiger partial charge in [-0.05, 0) is 16.7 Å². The summed E-state index contributed by atoms with van der Waals surface area (Å²) >= 11 is 4.40. The molecule has 0 amide bonds. The Bertz CT molecular complexity index is 384. The number of ether oxygens (including phenoxy) is 2. The third-order valence-corrected chi connectivity index (χ3v) is 3.57. The largest absolute Gasteiger partial charge is 0.373 e. The van der Waals surface area contributed by atoms with Gasteiger partial charge in [0.15, 0.2) is 0 Å². The Morgan fingerprint density at radius 1 is 1.06 bits per heavy atom. The van der Waals surface area contributed by atoms with Crippen LogP contribution in [-0.4, -0.2) is 25.4 Å². The van der Waals surface area contributed by atoms with Gasteiger partial charge in [0.1, 0.15) is 0 Å². The molecule has 0 saturated carbocycles. The van der Waals surface area contributed by atoms with Gasteiger partial charge in [0.25, 0.3) is 0 Å². The number of rotatable bonds is 5. The minimum absolute atomic E-state index is 0.444. The van der Waals surface area contributed by atoms with E-state index in [-0.39, 0.29) is 0 Å². The van der Waals surface area contributed by atoms with E-state index in [0.717, 1.165) is 31.8 Å². The maximum Gasteiger partial charge on any atom is 0.0850 e. The first kappa shape index (κ1) is 10.6. The SMILES string of the molecule is SCc1cccc(CC2CO2)c1CC1CO1. The van der Waals surface area contributed by atoms with Crippen molar-refractivity contribution in [3.8, 4) is 0 Å². The maximum absolute atomic E-state index is 5.33. The summed E-state index contributed by atoms with van der Waals surface area (Å²) in [5, 5.41) is 0. The Labute approximate surface area is 101 Å².